The van der Waals surface area contributed by atoms with Crippen LogP contribution in [0.2, 0.25) is 0 Å². The Hall–Kier alpha value is -0.640. The molecule has 0 saturated carbocycles. The van der Waals surface area contributed by atoms with Gasteiger partial charge in [-0.3, -0.25) is 4.99 Å². The molecule has 0 aliphatic heterocycles. The first kappa shape index (κ1) is 12.4. The second-order valence-electron chi connectivity index (χ2n) is 2.42. The Morgan fingerprint density at radius 3 is 2.62 bits per heavy atom. The Bertz CT molecular complexity index is 222. The van der Waals surface area contributed by atoms with E-state index in [9.17, 15) is 8.78 Å². The van der Waals surface area contributed by atoms with E-state index in [1.54, 1.807) is 0 Å². The summed E-state index contributed by atoms with van der Waals surface area (Å²) in [6.45, 7) is 3.37. The molecule has 74 valence electrons. The zero-order valence-corrected chi connectivity index (χ0v) is 8.40. The minimum absolute atomic E-state index is 0.126. The first-order valence-corrected chi connectivity index (χ1v) is 4.45. The number of hydrogen-bond donors (Lipinski definition) is 1. The fraction of sp³-hybridized carbons (Fsp3) is 0.444. The molecule has 1 nitrogen and oxygen atoms in total. The van der Waals surface area contributed by atoms with Gasteiger partial charge in [0.25, 0.3) is 5.92 Å². The summed E-state index contributed by atoms with van der Waals surface area (Å²) in [6.07, 6.45) is 3.44. The van der Waals surface area contributed by atoms with Crippen LogP contribution in [0.1, 0.15) is 6.42 Å². The molecule has 0 spiro atoms. The van der Waals surface area contributed by atoms with Crippen LogP contribution < -0.4 is 0 Å². The summed E-state index contributed by atoms with van der Waals surface area (Å²) < 4.78 is 26.4. The van der Waals surface area contributed by atoms with Crippen LogP contribution in [-0.4, -0.2) is 24.9 Å². The quantitative estimate of drug-likeness (QED) is 0.402. The van der Waals surface area contributed by atoms with Crippen LogP contribution in [0.4, 0.5) is 8.78 Å². The lowest BCUT2D eigenvalue weighted by Crippen LogP contribution is -2.21. The molecular weight excluding hydrogens is 192 g/mol. The molecule has 0 aliphatic rings. The van der Waals surface area contributed by atoms with Crippen LogP contribution in [0.25, 0.3) is 0 Å². The van der Waals surface area contributed by atoms with Crippen molar-refractivity contribution in [2.75, 3.05) is 12.8 Å². The molecule has 0 aliphatic carbocycles. The molecule has 0 aromatic carbocycles. The van der Waals surface area contributed by atoms with Crippen LogP contribution in [0.15, 0.2) is 29.3 Å². The standard InChI is InChI=1S/C9H13F2NS/c1-3-4-8(7-12-2)9(10,11)5-6-13/h3-4,7,13H,1,5-6H2,2H3/b8-4+,12-7?. The Kier molecular flexibility index (Phi) is 5.62. The van der Waals surface area contributed by atoms with Gasteiger partial charge in [0, 0.05) is 25.3 Å². The molecule has 0 radical (unpaired) electrons. The molecule has 4 heteroatoms. The topological polar surface area (TPSA) is 12.4 Å². The third kappa shape index (κ3) is 4.22. The molecule has 0 fully saturated rings. The predicted octanol–water partition coefficient (Wildman–Crippen LogP) is 2.75. The Morgan fingerprint density at radius 2 is 2.23 bits per heavy atom. The summed E-state index contributed by atoms with van der Waals surface area (Å²) in [4.78, 5) is 3.56. The minimum Gasteiger partial charge on any atom is -0.296 e. The Balaban J connectivity index is 4.71. The summed E-state index contributed by atoms with van der Waals surface area (Å²) in [5.41, 5.74) is -0.126. The van der Waals surface area contributed by atoms with Crippen LogP contribution in [0.3, 0.4) is 0 Å². The van der Waals surface area contributed by atoms with Crippen molar-refractivity contribution < 1.29 is 8.78 Å². The van der Waals surface area contributed by atoms with Crippen LogP contribution in [-0.2, 0) is 0 Å². The second kappa shape index (κ2) is 5.91. The first-order valence-electron chi connectivity index (χ1n) is 3.82. The van der Waals surface area contributed by atoms with Gasteiger partial charge < -0.3 is 0 Å². The van der Waals surface area contributed by atoms with Crippen LogP contribution in [0.5, 0.6) is 0 Å². The smallest absolute Gasteiger partial charge is 0.275 e. The van der Waals surface area contributed by atoms with Gasteiger partial charge in [0.05, 0.1) is 0 Å². The summed E-state index contributed by atoms with van der Waals surface area (Å²) >= 11 is 3.77. The molecule has 0 saturated heterocycles. The predicted molar refractivity (Wildman–Crippen MR) is 56.1 cm³/mol. The van der Waals surface area contributed by atoms with Crippen molar-refractivity contribution in [3.63, 3.8) is 0 Å². The number of halogens is 2. The van der Waals surface area contributed by atoms with E-state index >= 15 is 0 Å². The first-order chi connectivity index (χ1) is 6.08. The summed E-state index contributed by atoms with van der Waals surface area (Å²) in [6, 6.07) is 0. The van der Waals surface area contributed by atoms with Crippen molar-refractivity contribution in [1.82, 2.24) is 0 Å². The van der Waals surface area contributed by atoms with E-state index in [2.05, 4.69) is 24.2 Å². The van der Waals surface area contributed by atoms with Gasteiger partial charge in [-0.1, -0.05) is 18.7 Å². The van der Waals surface area contributed by atoms with Crippen molar-refractivity contribution in [3.05, 3.63) is 24.3 Å². The van der Waals surface area contributed by atoms with Crippen molar-refractivity contribution in [2.45, 2.75) is 12.3 Å². The van der Waals surface area contributed by atoms with Crippen LogP contribution >= 0.6 is 12.6 Å². The SMILES string of the molecule is C=C/C=C(\C=NC)C(F)(F)CCS. The van der Waals surface area contributed by atoms with Gasteiger partial charge in [0.1, 0.15) is 0 Å². The molecule has 0 bridgehead atoms. The summed E-state index contributed by atoms with van der Waals surface area (Å²) in [5, 5.41) is 0. The average molecular weight is 205 g/mol. The van der Waals surface area contributed by atoms with Gasteiger partial charge in [-0.05, 0) is 5.75 Å². The van der Waals surface area contributed by atoms with Crippen LogP contribution in [0, 0.1) is 0 Å². The van der Waals surface area contributed by atoms with Gasteiger partial charge in [-0.2, -0.15) is 12.6 Å². The highest BCUT2D eigenvalue weighted by Crippen LogP contribution is 2.27. The molecular formula is C9H13F2NS. The second-order valence-corrected chi connectivity index (χ2v) is 2.87. The molecule has 0 aromatic heterocycles. The molecule has 13 heavy (non-hydrogen) atoms. The van der Waals surface area contributed by atoms with E-state index < -0.39 is 5.92 Å². The van der Waals surface area contributed by atoms with Gasteiger partial charge in [0.15, 0.2) is 0 Å². The summed E-state index contributed by atoms with van der Waals surface area (Å²) in [7, 11) is 1.45. The lowest BCUT2D eigenvalue weighted by molar-refractivity contribution is 0.0460. The number of hydrogen-bond acceptors (Lipinski definition) is 2. The third-order valence-electron chi connectivity index (χ3n) is 1.41. The van der Waals surface area contributed by atoms with Gasteiger partial charge in [-0.15, -0.1) is 0 Å². The highest BCUT2D eigenvalue weighted by Gasteiger charge is 2.31. The largest absolute Gasteiger partial charge is 0.296 e. The molecule has 0 heterocycles. The fourth-order valence-corrected chi connectivity index (χ4v) is 1.09. The molecule has 0 atom stereocenters. The number of nitrogens with zero attached hydrogens (tertiary/aromatic N) is 1. The van der Waals surface area contributed by atoms with E-state index in [0.717, 1.165) is 6.21 Å². The maximum absolute atomic E-state index is 13.2. The van der Waals surface area contributed by atoms with E-state index in [1.807, 2.05) is 0 Å². The van der Waals surface area contributed by atoms with Crippen molar-refractivity contribution in [2.24, 2.45) is 4.99 Å². The average Bonchev–Trinajstić information content (AvgIpc) is 2.04. The maximum Gasteiger partial charge on any atom is 0.275 e. The highest BCUT2D eigenvalue weighted by atomic mass is 32.1. The zero-order valence-electron chi connectivity index (χ0n) is 7.50. The zero-order chi connectivity index (χ0) is 10.3. The van der Waals surface area contributed by atoms with E-state index in [1.165, 1.54) is 19.2 Å². The summed E-state index contributed by atoms with van der Waals surface area (Å²) in [5.74, 6) is -2.73. The number of thiol groups is 1. The number of allylic oxidation sites excluding steroid dienone is 3. The van der Waals surface area contributed by atoms with Gasteiger partial charge in [-0.25, -0.2) is 8.78 Å². The van der Waals surface area contributed by atoms with E-state index in [-0.39, 0.29) is 17.7 Å². The van der Waals surface area contributed by atoms with E-state index in [0.29, 0.717) is 0 Å². The van der Waals surface area contributed by atoms with Crippen molar-refractivity contribution >= 4 is 18.8 Å². The third-order valence-corrected chi connectivity index (χ3v) is 1.64. The van der Waals surface area contributed by atoms with Crippen molar-refractivity contribution in [3.8, 4) is 0 Å². The number of rotatable bonds is 5. The lowest BCUT2D eigenvalue weighted by Gasteiger charge is -2.15. The van der Waals surface area contributed by atoms with E-state index in [4.69, 9.17) is 0 Å². The fourth-order valence-electron chi connectivity index (χ4n) is 0.810. The molecule has 0 rings (SSSR count). The highest BCUT2D eigenvalue weighted by molar-refractivity contribution is 7.80. The Morgan fingerprint density at radius 1 is 1.62 bits per heavy atom. The number of alkyl halides is 2. The van der Waals surface area contributed by atoms with Crippen molar-refractivity contribution in [1.29, 1.82) is 0 Å². The molecule has 0 unspecified atom stereocenters. The molecule has 0 aromatic rings. The van der Waals surface area contributed by atoms with Gasteiger partial charge in [0.2, 0.25) is 0 Å². The minimum atomic E-state index is -2.87. The monoisotopic (exact) mass is 205 g/mol. The maximum atomic E-state index is 13.2. The Labute approximate surface area is 82.7 Å². The normalized spacial score (nSPS) is 13.7. The van der Waals surface area contributed by atoms with Gasteiger partial charge >= 0.3 is 0 Å². The molecule has 0 N–H and O–H groups in total. The lowest BCUT2D eigenvalue weighted by atomic mass is 10.1. The number of aliphatic imine (C=N–C) groups is 1. The molecule has 0 amide bonds.